The van der Waals surface area contributed by atoms with Gasteiger partial charge in [-0.05, 0) is 48.9 Å². The van der Waals surface area contributed by atoms with E-state index in [4.69, 9.17) is 5.73 Å². The Hall–Kier alpha value is -2.08. The lowest BCUT2D eigenvalue weighted by Gasteiger charge is -2.24. The Morgan fingerprint density at radius 1 is 1.14 bits per heavy atom. The molecule has 112 valence electrons. The van der Waals surface area contributed by atoms with Crippen molar-refractivity contribution in [3.05, 3.63) is 54.3 Å². The van der Waals surface area contributed by atoms with Gasteiger partial charge in [-0.3, -0.25) is 4.31 Å². The van der Waals surface area contributed by atoms with Gasteiger partial charge in [0.05, 0.1) is 10.6 Å². The molecule has 2 aromatic carbocycles. The van der Waals surface area contributed by atoms with Crippen LogP contribution in [0.4, 0.5) is 15.8 Å². The molecule has 6 heteroatoms. The molecule has 0 saturated heterocycles. The van der Waals surface area contributed by atoms with Crippen molar-refractivity contribution < 1.29 is 12.8 Å². The molecule has 0 fully saturated rings. The van der Waals surface area contributed by atoms with Gasteiger partial charge in [-0.1, -0.05) is 13.0 Å². The molecule has 0 aliphatic heterocycles. The third-order valence-electron chi connectivity index (χ3n) is 2.99. The third kappa shape index (κ3) is 3.33. The minimum Gasteiger partial charge on any atom is -0.399 e. The molecule has 0 atom stereocenters. The van der Waals surface area contributed by atoms with E-state index in [1.54, 1.807) is 24.3 Å². The maximum Gasteiger partial charge on any atom is 0.264 e. The smallest absolute Gasteiger partial charge is 0.264 e. The van der Waals surface area contributed by atoms with Gasteiger partial charge in [0.15, 0.2) is 0 Å². The second-order valence-electron chi connectivity index (χ2n) is 4.63. The van der Waals surface area contributed by atoms with Crippen molar-refractivity contribution in [2.45, 2.75) is 18.2 Å². The maximum atomic E-state index is 13.0. The molecule has 0 saturated carbocycles. The van der Waals surface area contributed by atoms with Gasteiger partial charge in [0.25, 0.3) is 10.0 Å². The number of sulfonamides is 1. The molecule has 2 aromatic rings. The molecule has 0 spiro atoms. The predicted octanol–water partition coefficient (Wildman–Crippen LogP) is 3.01. The van der Waals surface area contributed by atoms with Crippen molar-refractivity contribution in [2.24, 2.45) is 0 Å². The van der Waals surface area contributed by atoms with Crippen molar-refractivity contribution in [3.63, 3.8) is 0 Å². The first kappa shape index (κ1) is 15.3. The molecule has 0 aromatic heterocycles. The summed E-state index contributed by atoms with van der Waals surface area (Å²) >= 11 is 0. The molecule has 0 aliphatic rings. The average Bonchev–Trinajstić information content (AvgIpc) is 2.45. The summed E-state index contributed by atoms with van der Waals surface area (Å²) < 4.78 is 39.7. The zero-order chi connectivity index (χ0) is 15.5. The van der Waals surface area contributed by atoms with Crippen LogP contribution in [-0.2, 0) is 10.0 Å². The van der Waals surface area contributed by atoms with Crippen molar-refractivity contribution in [1.29, 1.82) is 0 Å². The molecule has 0 amide bonds. The number of hydrogen-bond acceptors (Lipinski definition) is 3. The number of halogens is 1. The minimum absolute atomic E-state index is 0.0553. The fraction of sp³-hybridized carbons (Fsp3) is 0.200. The average molecular weight is 308 g/mol. The van der Waals surface area contributed by atoms with E-state index in [1.165, 1.54) is 16.4 Å². The zero-order valence-electron chi connectivity index (χ0n) is 11.7. The number of anilines is 2. The summed E-state index contributed by atoms with van der Waals surface area (Å²) in [7, 11) is -3.74. The Balaban J connectivity index is 2.48. The highest BCUT2D eigenvalue weighted by molar-refractivity contribution is 7.92. The molecule has 21 heavy (non-hydrogen) atoms. The highest BCUT2D eigenvalue weighted by Gasteiger charge is 2.24. The van der Waals surface area contributed by atoms with Crippen LogP contribution in [0.5, 0.6) is 0 Å². The van der Waals surface area contributed by atoms with Gasteiger partial charge in [0.1, 0.15) is 5.82 Å². The summed E-state index contributed by atoms with van der Waals surface area (Å²) in [6, 6.07) is 11.5. The molecular weight excluding hydrogens is 291 g/mol. The van der Waals surface area contributed by atoms with E-state index >= 15 is 0 Å². The van der Waals surface area contributed by atoms with E-state index in [0.29, 0.717) is 24.3 Å². The van der Waals surface area contributed by atoms with E-state index in [-0.39, 0.29) is 4.90 Å². The highest BCUT2D eigenvalue weighted by Crippen LogP contribution is 2.25. The van der Waals surface area contributed by atoms with Crippen molar-refractivity contribution in [3.8, 4) is 0 Å². The van der Waals surface area contributed by atoms with E-state index in [0.717, 1.165) is 12.1 Å². The summed E-state index contributed by atoms with van der Waals surface area (Å²) in [4.78, 5) is 0.0553. The van der Waals surface area contributed by atoms with E-state index < -0.39 is 15.8 Å². The third-order valence-corrected chi connectivity index (χ3v) is 4.83. The van der Waals surface area contributed by atoms with E-state index in [9.17, 15) is 12.8 Å². The summed E-state index contributed by atoms with van der Waals surface area (Å²) in [6.45, 7) is 2.21. The Bertz CT molecular complexity index is 715. The minimum atomic E-state index is -3.74. The number of rotatable bonds is 5. The zero-order valence-corrected chi connectivity index (χ0v) is 12.5. The fourth-order valence-corrected chi connectivity index (χ4v) is 3.55. The van der Waals surface area contributed by atoms with Gasteiger partial charge in [-0.2, -0.15) is 0 Å². The summed E-state index contributed by atoms with van der Waals surface area (Å²) in [5, 5.41) is 0. The predicted molar refractivity (Wildman–Crippen MR) is 82.1 cm³/mol. The molecular formula is C15H17FN2O2S. The van der Waals surface area contributed by atoms with Gasteiger partial charge < -0.3 is 5.73 Å². The van der Waals surface area contributed by atoms with Gasteiger partial charge in [0, 0.05) is 12.2 Å². The van der Waals surface area contributed by atoms with Crippen LogP contribution >= 0.6 is 0 Å². The van der Waals surface area contributed by atoms with Crippen molar-refractivity contribution in [1.82, 2.24) is 0 Å². The number of nitrogens with two attached hydrogens (primary N) is 1. The lowest BCUT2D eigenvalue weighted by molar-refractivity contribution is 0.589. The number of nitrogens with zero attached hydrogens (tertiary/aromatic N) is 1. The molecule has 0 unspecified atom stereocenters. The first-order valence-electron chi connectivity index (χ1n) is 6.59. The lowest BCUT2D eigenvalue weighted by Crippen LogP contribution is -2.31. The first-order valence-corrected chi connectivity index (χ1v) is 8.03. The molecule has 0 aliphatic carbocycles. The Morgan fingerprint density at radius 3 is 2.38 bits per heavy atom. The van der Waals surface area contributed by atoms with Crippen LogP contribution in [0.2, 0.25) is 0 Å². The van der Waals surface area contributed by atoms with Crippen LogP contribution in [0.3, 0.4) is 0 Å². The van der Waals surface area contributed by atoms with Gasteiger partial charge in [-0.25, -0.2) is 12.8 Å². The lowest BCUT2D eigenvalue weighted by atomic mass is 10.3. The second-order valence-corrected chi connectivity index (χ2v) is 6.49. The quantitative estimate of drug-likeness (QED) is 0.864. The second kappa shape index (κ2) is 6.13. The van der Waals surface area contributed by atoms with E-state index in [1.807, 2.05) is 6.92 Å². The van der Waals surface area contributed by atoms with Crippen molar-refractivity contribution in [2.75, 3.05) is 16.6 Å². The monoisotopic (exact) mass is 308 g/mol. The van der Waals surface area contributed by atoms with E-state index in [2.05, 4.69) is 0 Å². The summed E-state index contributed by atoms with van der Waals surface area (Å²) in [6.07, 6.45) is 0.648. The molecule has 0 radical (unpaired) electrons. The SMILES string of the molecule is CCCN(c1cccc(N)c1)S(=O)(=O)c1ccc(F)cc1. The Kier molecular flexibility index (Phi) is 4.47. The molecule has 4 nitrogen and oxygen atoms in total. The topological polar surface area (TPSA) is 63.4 Å². The number of nitrogen functional groups attached to an aromatic ring is 1. The molecule has 0 heterocycles. The normalized spacial score (nSPS) is 11.3. The van der Waals surface area contributed by atoms with Crippen LogP contribution in [0.1, 0.15) is 13.3 Å². The molecule has 2 rings (SSSR count). The standard InChI is InChI=1S/C15H17FN2O2S/c1-2-10-18(14-5-3-4-13(17)11-14)21(19,20)15-8-6-12(16)7-9-15/h3-9,11H,2,10,17H2,1H3. The largest absolute Gasteiger partial charge is 0.399 e. The summed E-state index contributed by atoms with van der Waals surface area (Å²) in [5.41, 5.74) is 6.71. The highest BCUT2D eigenvalue weighted by atomic mass is 32.2. The van der Waals surface area contributed by atoms with Gasteiger partial charge >= 0.3 is 0 Å². The van der Waals surface area contributed by atoms with Crippen LogP contribution in [0.15, 0.2) is 53.4 Å². The Morgan fingerprint density at radius 2 is 1.81 bits per heavy atom. The molecule has 0 bridgehead atoms. The van der Waals surface area contributed by atoms with Crippen molar-refractivity contribution >= 4 is 21.4 Å². The fourth-order valence-electron chi connectivity index (χ4n) is 2.00. The van der Waals surface area contributed by atoms with Gasteiger partial charge in [-0.15, -0.1) is 0 Å². The number of hydrogen-bond donors (Lipinski definition) is 1. The van der Waals surface area contributed by atoms with Crippen LogP contribution in [0.25, 0.3) is 0 Å². The van der Waals surface area contributed by atoms with Crippen LogP contribution in [0, 0.1) is 5.82 Å². The van der Waals surface area contributed by atoms with Crippen LogP contribution < -0.4 is 10.0 Å². The van der Waals surface area contributed by atoms with Crippen LogP contribution in [-0.4, -0.2) is 15.0 Å². The first-order chi connectivity index (χ1) is 9.95. The van der Waals surface area contributed by atoms with Gasteiger partial charge in [0.2, 0.25) is 0 Å². The molecule has 2 N–H and O–H groups in total. The summed E-state index contributed by atoms with van der Waals surface area (Å²) in [5.74, 6) is -0.472. The number of benzene rings is 2. The Labute approximate surface area is 124 Å². The maximum absolute atomic E-state index is 13.0.